The van der Waals surface area contributed by atoms with E-state index in [9.17, 15) is 9.59 Å². The lowest BCUT2D eigenvalue weighted by Gasteiger charge is -2.10. The van der Waals surface area contributed by atoms with Crippen LogP contribution in [0.2, 0.25) is 0 Å². The summed E-state index contributed by atoms with van der Waals surface area (Å²) in [5, 5.41) is 10.5. The van der Waals surface area contributed by atoms with Gasteiger partial charge >= 0.3 is 4.87 Å². The zero-order valence-electron chi connectivity index (χ0n) is 15.6. The molecule has 0 aliphatic rings. The average Bonchev–Trinajstić information content (AvgIpc) is 3.15. The molecule has 0 unspecified atom stereocenters. The molecule has 4 aromatic rings. The van der Waals surface area contributed by atoms with Crippen LogP contribution in [0.3, 0.4) is 0 Å². The van der Waals surface area contributed by atoms with Gasteiger partial charge < -0.3 is 10.1 Å². The van der Waals surface area contributed by atoms with Crippen LogP contribution in [-0.4, -0.2) is 21.1 Å². The number of fused-ring (bicyclic) bond motifs is 1. The van der Waals surface area contributed by atoms with E-state index in [4.69, 9.17) is 4.74 Å². The third-order valence-corrected chi connectivity index (χ3v) is 5.07. The second-order valence-corrected chi connectivity index (χ2v) is 7.49. The minimum absolute atomic E-state index is 0.203. The van der Waals surface area contributed by atoms with Gasteiger partial charge in [-0.05, 0) is 43.3 Å². The van der Waals surface area contributed by atoms with Gasteiger partial charge in [0.1, 0.15) is 17.4 Å². The number of hydrogen-bond donors (Lipinski definition) is 2. The van der Waals surface area contributed by atoms with E-state index in [1.54, 1.807) is 24.3 Å². The number of nitrogens with one attached hydrogen (secondary N) is 2. The minimum atomic E-state index is -0.243. The molecule has 146 valence electrons. The molecule has 2 heterocycles. The van der Waals surface area contributed by atoms with Gasteiger partial charge in [-0.3, -0.25) is 14.6 Å². The number of ether oxygens (including phenoxy) is 1. The molecule has 0 saturated heterocycles. The number of aromatic amines is 1. The largest absolute Gasteiger partial charge is 0.489 e. The average molecular weight is 406 g/mol. The van der Waals surface area contributed by atoms with Crippen molar-refractivity contribution in [3.8, 4) is 5.75 Å². The summed E-state index contributed by atoms with van der Waals surface area (Å²) in [5.74, 6) is 0.431. The van der Waals surface area contributed by atoms with Gasteiger partial charge in [-0.15, -0.1) is 0 Å². The molecule has 0 saturated carbocycles. The Labute approximate surface area is 170 Å². The molecule has 8 heteroatoms. The molecule has 29 heavy (non-hydrogen) atoms. The molecular weight excluding hydrogens is 388 g/mol. The summed E-state index contributed by atoms with van der Waals surface area (Å²) in [6, 6.07) is 16.9. The third-order valence-electron chi connectivity index (χ3n) is 4.32. The Hall–Kier alpha value is -3.52. The lowest BCUT2D eigenvalue weighted by atomic mass is 10.1. The molecular formula is C21H18N4O3S. The van der Waals surface area contributed by atoms with Gasteiger partial charge in [0, 0.05) is 22.2 Å². The Morgan fingerprint density at radius 1 is 1.17 bits per heavy atom. The molecule has 2 N–H and O–H groups in total. The highest BCUT2D eigenvalue weighted by Crippen LogP contribution is 2.21. The highest BCUT2D eigenvalue weighted by atomic mass is 32.1. The summed E-state index contributed by atoms with van der Waals surface area (Å²) >= 11 is 0.972. The van der Waals surface area contributed by atoms with Crippen molar-refractivity contribution in [3.63, 3.8) is 0 Å². The second-order valence-electron chi connectivity index (χ2n) is 6.44. The van der Waals surface area contributed by atoms with Crippen molar-refractivity contribution in [1.29, 1.82) is 0 Å². The first-order valence-corrected chi connectivity index (χ1v) is 9.81. The van der Waals surface area contributed by atoms with Crippen molar-refractivity contribution in [2.24, 2.45) is 0 Å². The maximum absolute atomic E-state index is 12.2. The summed E-state index contributed by atoms with van der Waals surface area (Å²) in [5.41, 5.74) is 3.45. The lowest BCUT2D eigenvalue weighted by molar-refractivity contribution is 0.0950. The van der Waals surface area contributed by atoms with E-state index in [1.807, 2.05) is 37.3 Å². The van der Waals surface area contributed by atoms with Gasteiger partial charge in [0.05, 0.1) is 12.1 Å². The highest BCUT2D eigenvalue weighted by Gasteiger charge is 2.08. The molecule has 0 spiro atoms. The van der Waals surface area contributed by atoms with Gasteiger partial charge in [-0.25, -0.2) is 5.10 Å². The van der Waals surface area contributed by atoms with Crippen molar-refractivity contribution in [1.82, 2.24) is 20.5 Å². The van der Waals surface area contributed by atoms with E-state index >= 15 is 0 Å². The van der Waals surface area contributed by atoms with E-state index in [0.717, 1.165) is 33.5 Å². The van der Waals surface area contributed by atoms with Crippen LogP contribution in [0.15, 0.2) is 59.4 Å². The van der Waals surface area contributed by atoms with Crippen LogP contribution in [0.5, 0.6) is 5.75 Å². The number of aromatic nitrogens is 3. The van der Waals surface area contributed by atoms with Gasteiger partial charge in [0.2, 0.25) is 0 Å². The van der Waals surface area contributed by atoms with E-state index < -0.39 is 0 Å². The van der Waals surface area contributed by atoms with Crippen LogP contribution in [0.4, 0.5) is 0 Å². The summed E-state index contributed by atoms with van der Waals surface area (Å²) in [4.78, 5) is 27.6. The quantitative estimate of drug-likeness (QED) is 0.513. The fourth-order valence-electron chi connectivity index (χ4n) is 2.97. The summed E-state index contributed by atoms with van der Waals surface area (Å²) in [6.45, 7) is 2.58. The molecule has 0 bridgehead atoms. The first-order chi connectivity index (χ1) is 14.1. The van der Waals surface area contributed by atoms with E-state index in [0.29, 0.717) is 22.9 Å². The monoisotopic (exact) mass is 406 g/mol. The Kier molecular flexibility index (Phi) is 5.35. The van der Waals surface area contributed by atoms with Gasteiger partial charge in [-0.1, -0.05) is 29.5 Å². The summed E-state index contributed by atoms with van der Waals surface area (Å²) in [7, 11) is 0. The Bertz CT molecular complexity index is 1210. The number of aryl methyl sites for hydroxylation is 1. The van der Waals surface area contributed by atoms with E-state index in [1.165, 1.54) is 0 Å². The fraction of sp³-hybridized carbons (Fsp3) is 0.143. The first-order valence-electron chi connectivity index (χ1n) is 8.99. The topological polar surface area (TPSA) is 97.0 Å². The summed E-state index contributed by atoms with van der Waals surface area (Å²) in [6.07, 6.45) is 0. The number of pyridine rings is 1. The van der Waals surface area contributed by atoms with Crippen molar-refractivity contribution < 1.29 is 9.53 Å². The highest BCUT2D eigenvalue weighted by molar-refractivity contribution is 7.08. The fourth-order valence-corrected chi connectivity index (χ4v) is 3.51. The lowest BCUT2D eigenvalue weighted by Crippen LogP contribution is -2.22. The molecule has 2 aromatic carbocycles. The number of hydrogen-bond acceptors (Lipinski definition) is 6. The number of carbonyl (C=O) groups is 1. The Morgan fingerprint density at radius 2 is 1.97 bits per heavy atom. The van der Waals surface area contributed by atoms with Gasteiger partial charge in [0.15, 0.2) is 0 Å². The van der Waals surface area contributed by atoms with Crippen molar-refractivity contribution in [2.75, 3.05) is 0 Å². The molecule has 0 atom stereocenters. The number of carbonyl (C=O) groups excluding carboxylic acids is 1. The number of benzene rings is 2. The van der Waals surface area contributed by atoms with Crippen LogP contribution >= 0.6 is 11.3 Å². The maximum Gasteiger partial charge on any atom is 0.322 e. The standard InChI is InChI=1S/C21H18N4O3S/c1-13-10-15(17-4-2-3-5-18(17)23-13)12-28-16-8-6-14(7-9-16)20(26)22-11-19-24-25-21(27)29-19/h2-10H,11-12H2,1H3,(H,22,26)(H,25,27). The molecule has 4 rings (SSSR count). The number of amides is 1. The molecule has 0 aliphatic heterocycles. The molecule has 0 fully saturated rings. The third kappa shape index (κ3) is 4.49. The van der Waals surface area contributed by atoms with Crippen LogP contribution in [-0.2, 0) is 13.2 Å². The number of rotatable bonds is 6. The summed E-state index contributed by atoms with van der Waals surface area (Å²) < 4.78 is 5.92. The van der Waals surface area contributed by atoms with Gasteiger partial charge in [0.25, 0.3) is 5.91 Å². The van der Waals surface area contributed by atoms with Crippen molar-refractivity contribution >= 4 is 28.1 Å². The predicted octanol–water partition coefficient (Wildman–Crippen LogP) is 3.20. The van der Waals surface area contributed by atoms with Gasteiger partial charge in [-0.2, -0.15) is 5.10 Å². The number of para-hydroxylation sites is 1. The Morgan fingerprint density at radius 3 is 2.72 bits per heavy atom. The molecule has 1 amide bonds. The van der Waals surface area contributed by atoms with Crippen LogP contribution < -0.4 is 14.9 Å². The number of H-pyrrole nitrogens is 1. The molecule has 0 aliphatic carbocycles. The predicted molar refractivity (Wildman–Crippen MR) is 111 cm³/mol. The zero-order valence-corrected chi connectivity index (χ0v) is 16.5. The maximum atomic E-state index is 12.2. The van der Waals surface area contributed by atoms with Crippen molar-refractivity contribution in [2.45, 2.75) is 20.1 Å². The molecule has 0 radical (unpaired) electrons. The molecule has 7 nitrogen and oxygen atoms in total. The second kappa shape index (κ2) is 8.24. The molecule has 2 aromatic heterocycles. The first kappa shape index (κ1) is 18.8. The SMILES string of the molecule is Cc1cc(COc2ccc(C(=O)NCc3n[nH]c(=O)s3)cc2)c2ccccc2n1. The van der Waals surface area contributed by atoms with Crippen LogP contribution in [0, 0.1) is 6.92 Å². The van der Waals surface area contributed by atoms with E-state index in [2.05, 4.69) is 20.5 Å². The normalized spacial score (nSPS) is 10.8. The van der Waals surface area contributed by atoms with Crippen molar-refractivity contribution in [3.05, 3.63) is 86.1 Å². The zero-order chi connectivity index (χ0) is 20.2. The van der Waals surface area contributed by atoms with Crippen LogP contribution in [0.1, 0.15) is 26.6 Å². The minimum Gasteiger partial charge on any atom is -0.489 e. The number of nitrogens with zero attached hydrogens (tertiary/aromatic N) is 2. The smallest absolute Gasteiger partial charge is 0.322 e. The van der Waals surface area contributed by atoms with E-state index in [-0.39, 0.29) is 17.3 Å². The van der Waals surface area contributed by atoms with Crippen LogP contribution in [0.25, 0.3) is 10.9 Å². The Balaban J connectivity index is 1.40.